The molecule has 0 unspecified atom stereocenters. The highest BCUT2D eigenvalue weighted by Crippen LogP contribution is 2.43. The van der Waals surface area contributed by atoms with Crippen molar-refractivity contribution in [1.29, 1.82) is 0 Å². The standard InChI is InChI=1S/C26H25Cl2F5N6O3/c1-25(2,3)42-24(40)39-11-4-5-12(39)9-38(8-11)22-13-7-35-21(16-17(27)14(29)6-15(34)18(16)28)19(30)20(13)36-23(37-22)41-10-26(31,32)33/h6-7,11-12H,4-5,8-10,34H2,1-3H3/t11-,12+. The van der Waals surface area contributed by atoms with Crippen LogP contribution in [0, 0.1) is 11.6 Å². The van der Waals surface area contributed by atoms with E-state index in [1.807, 2.05) is 0 Å². The van der Waals surface area contributed by atoms with E-state index in [9.17, 15) is 22.4 Å². The molecule has 2 aromatic heterocycles. The number of carbonyl (C=O) groups is 1. The normalized spacial score (nSPS) is 19.0. The fourth-order valence-electron chi connectivity index (χ4n) is 5.17. The van der Waals surface area contributed by atoms with E-state index in [1.54, 1.807) is 30.6 Å². The highest BCUT2D eigenvalue weighted by molar-refractivity contribution is 6.40. The number of amides is 1. The Bertz CT molecular complexity index is 1530. The molecule has 0 radical (unpaired) electrons. The second-order valence-corrected chi connectivity index (χ2v) is 11.8. The Morgan fingerprint density at radius 2 is 1.74 bits per heavy atom. The molecule has 2 fully saturated rings. The van der Waals surface area contributed by atoms with E-state index in [-0.39, 0.29) is 52.7 Å². The molecule has 1 amide bonds. The van der Waals surface area contributed by atoms with Crippen LogP contribution < -0.4 is 15.4 Å². The van der Waals surface area contributed by atoms with Crippen molar-refractivity contribution in [1.82, 2.24) is 19.9 Å². The van der Waals surface area contributed by atoms with Crippen LogP contribution in [0.25, 0.3) is 22.2 Å². The molecule has 4 heterocycles. The van der Waals surface area contributed by atoms with Gasteiger partial charge in [0, 0.05) is 24.8 Å². The summed E-state index contributed by atoms with van der Waals surface area (Å²) in [6, 6.07) is -0.480. The van der Waals surface area contributed by atoms with Crippen LogP contribution in [0.1, 0.15) is 33.6 Å². The number of carbonyl (C=O) groups excluding carboxylic acids is 1. The van der Waals surface area contributed by atoms with Crippen LogP contribution in [0.2, 0.25) is 10.0 Å². The molecule has 1 aromatic carbocycles. The third-order valence-corrected chi connectivity index (χ3v) is 7.59. The van der Waals surface area contributed by atoms with Crippen molar-refractivity contribution in [3.63, 3.8) is 0 Å². The van der Waals surface area contributed by atoms with Gasteiger partial charge >= 0.3 is 18.3 Å². The van der Waals surface area contributed by atoms with Crippen molar-refractivity contribution in [2.45, 2.75) is 57.5 Å². The first-order chi connectivity index (χ1) is 19.5. The molecule has 16 heteroatoms. The van der Waals surface area contributed by atoms with Gasteiger partial charge in [0.15, 0.2) is 12.4 Å². The number of pyridine rings is 1. The van der Waals surface area contributed by atoms with Gasteiger partial charge in [0.1, 0.15) is 28.4 Å². The maximum Gasteiger partial charge on any atom is 0.422 e. The maximum atomic E-state index is 16.1. The van der Waals surface area contributed by atoms with Crippen molar-refractivity contribution >= 4 is 51.7 Å². The van der Waals surface area contributed by atoms with Crippen LogP contribution in [-0.2, 0) is 4.74 Å². The van der Waals surface area contributed by atoms with E-state index in [0.29, 0.717) is 12.8 Å². The zero-order valence-corrected chi connectivity index (χ0v) is 24.0. The Morgan fingerprint density at radius 1 is 1.10 bits per heavy atom. The average molecular weight is 635 g/mol. The van der Waals surface area contributed by atoms with Crippen LogP contribution in [0.5, 0.6) is 6.01 Å². The number of nitrogens with zero attached hydrogens (tertiary/aromatic N) is 5. The summed E-state index contributed by atoms with van der Waals surface area (Å²) in [4.78, 5) is 28.5. The second kappa shape index (κ2) is 10.7. The van der Waals surface area contributed by atoms with Gasteiger partial charge in [0.25, 0.3) is 0 Å². The molecule has 0 spiro atoms. The fourth-order valence-corrected chi connectivity index (χ4v) is 5.69. The van der Waals surface area contributed by atoms with Gasteiger partial charge in [0.2, 0.25) is 0 Å². The lowest BCUT2D eigenvalue weighted by atomic mass is 10.1. The summed E-state index contributed by atoms with van der Waals surface area (Å²) in [6.07, 6.45) is -2.71. The number of aromatic nitrogens is 3. The Balaban J connectivity index is 1.60. The number of ether oxygens (including phenoxy) is 2. The van der Waals surface area contributed by atoms with E-state index < -0.39 is 58.4 Å². The van der Waals surface area contributed by atoms with E-state index in [4.69, 9.17) is 38.4 Å². The quantitative estimate of drug-likeness (QED) is 0.200. The highest BCUT2D eigenvalue weighted by atomic mass is 35.5. The predicted molar refractivity (Wildman–Crippen MR) is 146 cm³/mol. The molecule has 2 atom stereocenters. The Morgan fingerprint density at radius 3 is 2.33 bits per heavy atom. The molecular weight excluding hydrogens is 610 g/mol. The minimum Gasteiger partial charge on any atom is -0.454 e. The number of nitrogens with two attached hydrogens (primary N) is 1. The van der Waals surface area contributed by atoms with Gasteiger partial charge < -0.3 is 20.1 Å². The molecular formula is C26H25Cl2F5N6O3. The zero-order valence-electron chi connectivity index (χ0n) is 22.5. The van der Waals surface area contributed by atoms with Gasteiger partial charge in [-0.15, -0.1) is 0 Å². The molecule has 3 aromatic rings. The summed E-state index contributed by atoms with van der Waals surface area (Å²) >= 11 is 12.3. The van der Waals surface area contributed by atoms with Crippen LogP contribution in [0.15, 0.2) is 12.3 Å². The first-order valence-electron chi connectivity index (χ1n) is 12.8. The van der Waals surface area contributed by atoms with Gasteiger partial charge in [-0.2, -0.15) is 23.1 Å². The van der Waals surface area contributed by atoms with Crippen molar-refractivity contribution < 1.29 is 36.2 Å². The molecule has 2 aliphatic heterocycles. The Hall–Kier alpha value is -3.39. The molecule has 226 valence electrons. The van der Waals surface area contributed by atoms with Crippen LogP contribution >= 0.6 is 23.2 Å². The minimum atomic E-state index is -4.72. The van der Waals surface area contributed by atoms with Crippen molar-refractivity contribution in [2.75, 3.05) is 30.3 Å². The number of hydrogen-bond donors (Lipinski definition) is 1. The van der Waals surface area contributed by atoms with E-state index >= 15 is 4.39 Å². The summed E-state index contributed by atoms with van der Waals surface area (Å²) < 4.78 is 79.8. The number of hydrogen-bond acceptors (Lipinski definition) is 8. The van der Waals surface area contributed by atoms with Gasteiger partial charge in [-0.25, -0.2) is 13.6 Å². The summed E-state index contributed by atoms with van der Waals surface area (Å²) in [5.41, 5.74) is 3.47. The maximum absolute atomic E-state index is 16.1. The third-order valence-electron chi connectivity index (χ3n) is 6.82. The van der Waals surface area contributed by atoms with E-state index in [2.05, 4.69) is 15.0 Å². The molecule has 0 aliphatic carbocycles. The van der Waals surface area contributed by atoms with Crippen molar-refractivity contribution in [2.24, 2.45) is 0 Å². The molecule has 2 saturated heterocycles. The van der Waals surface area contributed by atoms with Gasteiger partial charge in [0.05, 0.1) is 33.2 Å². The average Bonchev–Trinajstić information content (AvgIpc) is 3.15. The van der Waals surface area contributed by atoms with Gasteiger partial charge in [-0.1, -0.05) is 23.2 Å². The first-order valence-corrected chi connectivity index (χ1v) is 13.5. The van der Waals surface area contributed by atoms with E-state index in [1.165, 1.54) is 6.20 Å². The molecule has 5 rings (SSSR count). The number of fused-ring (bicyclic) bond motifs is 3. The molecule has 2 bridgehead atoms. The summed E-state index contributed by atoms with van der Waals surface area (Å²) in [6.45, 7) is 3.99. The lowest BCUT2D eigenvalue weighted by Gasteiger charge is -2.42. The SMILES string of the molecule is CC(C)(C)OC(=O)N1[C@@H]2CC[C@H]1CN(c1nc(OCC(F)(F)F)nc3c(F)c(-c4c(Cl)c(N)cc(F)c4Cl)ncc13)C2. The number of halogens is 7. The number of rotatable bonds is 4. The van der Waals surface area contributed by atoms with Crippen LogP contribution in [-0.4, -0.2) is 69.5 Å². The largest absolute Gasteiger partial charge is 0.454 e. The lowest BCUT2D eigenvalue weighted by Crippen LogP contribution is -2.57. The topological polar surface area (TPSA) is 107 Å². The molecule has 9 nitrogen and oxygen atoms in total. The third kappa shape index (κ3) is 5.78. The highest BCUT2D eigenvalue weighted by Gasteiger charge is 2.45. The second-order valence-electron chi connectivity index (χ2n) is 11.0. The zero-order chi connectivity index (χ0) is 30.7. The fraction of sp³-hybridized carbons (Fsp3) is 0.462. The van der Waals surface area contributed by atoms with Gasteiger partial charge in [-0.3, -0.25) is 9.88 Å². The van der Waals surface area contributed by atoms with Crippen molar-refractivity contribution in [3.8, 4) is 17.3 Å². The number of nitrogen functional groups attached to an aromatic ring is 1. The predicted octanol–water partition coefficient (Wildman–Crippen LogP) is 6.39. The molecule has 42 heavy (non-hydrogen) atoms. The minimum absolute atomic E-state index is 0.0392. The molecule has 2 N–H and O–H groups in total. The van der Waals surface area contributed by atoms with Crippen LogP contribution in [0.4, 0.5) is 38.3 Å². The number of piperazine rings is 1. The van der Waals surface area contributed by atoms with Crippen LogP contribution in [0.3, 0.4) is 0 Å². The Kier molecular flexibility index (Phi) is 7.67. The monoisotopic (exact) mass is 634 g/mol. The smallest absolute Gasteiger partial charge is 0.422 e. The van der Waals surface area contributed by atoms with E-state index in [0.717, 1.165) is 6.07 Å². The number of benzene rings is 1. The lowest BCUT2D eigenvalue weighted by molar-refractivity contribution is -0.154. The van der Waals surface area contributed by atoms with Crippen molar-refractivity contribution in [3.05, 3.63) is 33.9 Å². The summed E-state index contributed by atoms with van der Waals surface area (Å²) in [7, 11) is 0. The molecule has 0 saturated carbocycles. The molecule has 2 aliphatic rings. The summed E-state index contributed by atoms with van der Waals surface area (Å²) in [5, 5.41) is -0.792. The van der Waals surface area contributed by atoms with Gasteiger partial charge in [-0.05, 0) is 39.7 Å². The number of anilines is 2. The first kappa shape index (κ1) is 30.1. The Labute approximate surface area is 246 Å². The number of alkyl halides is 3. The summed E-state index contributed by atoms with van der Waals surface area (Å²) in [5.74, 6) is -2.09.